The quantitative estimate of drug-likeness (QED) is 0.809. The van der Waals surface area contributed by atoms with Gasteiger partial charge in [0.2, 0.25) is 5.91 Å². The summed E-state index contributed by atoms with van der Waals surface area (Å²) in [7, 11) is 0. The summed E-state index contributed by atoms with van der Waals surface area (Å²) in [4.78, 5) is 11.6. The molecule has 0 aromatic heterocycles. The van der Waals surface area contributed by atoms with Gasteiger partial charge in [0.25, 0.3) is 0 Å². The van der Waals surface area contributed by atoms with E-state index in [0.29, 0.717) is 0 Å². The summed E-state index contributed by atoms with van der Waals surface area (Å²) in [6, 6.07) is 15.9. The Balaban J connectivity index is 1.99. The van der Waals surface area contributed by atoms with Crippen LogP contribution in [0.3, 0.4) is 0 Å². The third-order valence-corrected chi connectivity index (χ3v) is 2.34. The van der Waals surface area contributed by atoms with E-state index in [4.69, 9.17) is 0 Å². The predicted octanol–water partition coefficient (Wildman–Crippen LogP) is 3.04. The van der Waals surface area contributed by atoms with Crippen LogP contribution in [0.5, 0.6) is 5.75 Å². The molecule has 18 heavy (non-hydrogen) atoms. The highest BCUT2D eigenvalue weighted by Gasteiger charge is 1.96. The number of aromatic hydroxyl groups is 1. The van der Waals surface area contributed by atoms with Gasteiger partial charge >= 0.3 is 0 Å². The van der Waals surface area contributed by atoms with E-state index in [1.165, 1.54) is 6.08 Å². The summed E-state index contributed by atoms with van der Waals surface area (Å²) in [6.07, 6.45) is 3.08. The molecule has 90 valence electrons. The van der Waals surface area contributed by atoms with Gasteiger partial charge in [0.15, 0.2) is 0 Å². The number of benzene rings is 2. The molecule has 1 amide bonds. The first-order valence-corrected chi connectivity index (χ1v) is 5.57. The molecule has 3 heteroatoms. The first kappa shape index (κ1) is 11.9. The Labute approximate surface area is 105 Å². The Morgan fingerprint density at radius 2 is 1.83 bits per heavy atom. The van der Waals surface area contributed by atoms with Gasteiger partial charge in [-0.25, -0.2) is 0 Å². The number of nitrogens with one attached hydrogen (secondary N) is 1. The molecule has 0 bridgehead atoms. The molecule has 2 aromatic rings. The van der Waals surface area contributed by atoms with Crippen molar-refractivity contribution in [3.63, 3.8) is 0 Å². The Morgan fingerprint density at radius 3 is 2.56 bits per heavy atom. The van der Waals surface area contributed by atoms with Crippen LogP contribution >= 0.6 is 0 Å². The minimum atomic E-state index is -0.204. The maximum absolute atomic E-state index is 11.6. The highest BCUT2D eigenvalue weighted by molar-refractivity contribution is 6.01. The zero-order chi connectivity index (χ0) is 12.8. The zero-order valence-corrected chi connectivity index (χ0v) is 9.71. The smallest absolute Gasteiger partial charge is 0.248 e. The van der Waals surface area contributed by atoms with E-state index in [9.17, 15) is 9.90 Å². The molecular formula is C15H13NO2. The number of rotatable bonds is 3. The van der Waals surface area contributed by atoms with Crippen molar-refractivity contribution in [3.05, 3.63) is 66.2 Å². The van der Waals surface area contributed by atoms with Crippen LogP contribution in [0.1, 0.15) is 5.56 Å². The van der Waals surface area contributed by atoms with Gasteiger partial charge in [-0.1, -0.05) is 30.3 Å². The van der Waals surface area contributed by atoms with Crippen LogP contribution in [0, 0.1) is 0 Å². The molecule has 2 N–H and O–H groups in total. The number of phenolic OH excluding ortho intramolecular Hbond substituents is 1. The average molecular weight is 239 g/mol. The maximum Gasteiger partial charge on any atom is 0.248 e. The summed E-state index contributed by atoms with van der Waals surface area (Å²) in [5.74, 6) is -0.0230. The van der Waals surface area contributed by atoms with E-state index in [1.54, 1.807) is 24.3 Å². The molecule has 0 saturated carbocycles. The number of carbonyl (C=O) groups excluding carboxylic acids is 1. The van der Waals surface area contributed by atoms with E-state index < -0.39 is 0 Å². The van der Waals surface area contributed by atoms with Crippen molar-refractivity contribution < 1.29 is 9.90 Å². The molecule has 0 aliphatic carbocycles. The van der Waals surface area contributed by atoms with Gasteiger partial charge in [0.1, 0.15) is 5.75 Å². The van der Waals surface area contributed by atoms with E-state index in [0.717, 1.165) is 11.3 Å². The molecule has 0 saturated heterocycles. The van der Waals surface area contributed by atoms with Crippen molar-refractivity contribution >= 4 is 17.7 Å². The molecule has 0 heterocycles. The number of carbonyl (C=O) groups is 1. The molecular weight excluding hydrogens is 226 g/mol. The lowest BCUT2D eigenvalue weighted by atomic mass is 10.2. The van der Waals surface area contributed by atoms with Gasteiger partial charge in [0.05, 0.1) is 0 Å². The summed E-state index contributed by atoms with van der Waals surface area (Å²) >= 11 is 0. The standard InChI is InChI=1S/C15H13NO2/c17-14-8-4-5-12(11-14)9-10-15(18)16-13-6-2-1-3-7-13/h1-11,17H,(H,16,18). The fraction of sp³-hybridized carbons (Fsp3) is 0. The van der Waals surface area contributed by atoms with E-state index in [-0.39, 0.29) is 11.7 Å². The second kappa shape index (κ2) is 5.68. The Kier molecular flexibility index (Phi) is 3.76. The second-order valence-corrected chi connectivity index (χ2v) is 3.78. The molecule has 0 spiro atoms. The van der Waals surface area contributed by atoms with Crippen molar-refractivity contribution in [3.8, 4) is 5.75 Å². The predicted molar refractivity (Wildman–Crippen MR) is 72.2 cm³/mol. The molecule has 0 aliphatic heterocycles. The van der Waals surface area contributed by atoms with Crippen LogP contribution in [0.25, 0.3) is 6.08 Å². The third kappa shape index (κ3) is 3.49. The van der Waals surface area contributed by atoms with Gasteiger partial charge in [0, 0.05) is 11.8 Å². The van der Waals surface area contributed by atoms with E-state index >= 15 is 0 Å². The fourth-order valence-electron chi connectivity index (χ4n) is 1.51. The summed E-state index contributed by atoms with van der Waals surface area (Å²) in [6.45, 7) is 0. The fourth-order valence-corrected chi connectivity index (χ4v) is 1.51. The Bertz CT molecular complexity index is 562. The van der Waals surface area contributed by atoms with Crippen molar-refractivity contribution in [2.45, 2.75) is 0 Å². The molecule has 0 radical (unpaired) electrons. The molecule has 2 rings (SSSR count). The van der Waals surface area contributed by atoms with Gasteiger partial charge in [-0.15, -0.1) is 0 Å². The minimum Gasteiger partial charge on any atom is -0.508 e. The second-order valence-electron chi connectivity index (χ2n) is 3.78. The van der Waals surface area contributed by atoms with Crippen molar-refractivity contribution in [2.24, 2.45) is 0 Å². The van der Waals surface area contributed by atoms with Gasteiger partial charge in [-0.3, -0.25) is 4.79 Å². The number of amides is 1. The third-order valence-electron chi connectivity index (χ3n) is 2.34. The van der Waals surface area contributed by atoms with Gasteiger partial charge in [-0.05, 0) is 35.9 Å². The van der Waals surface area contributed by atoms with E-state index in [2.05, 4.69) is 5.32 Å². The SMILES string of the molecule is O=C(C=Cc1cccc(O)c1)Nc1ccccc1. The van der Waals surface area contributed by atoms with Crippen LogP contribution in [0.2, 0.25) is 0 Å². The van der Waals surface area contributed by atoms with Crippen molar-refractivity contribution in [2.75, 3.05) is 5.32 Å². The Hall–Kier alpha value is -2.55. The zero-order valence-electron chi connectivity index (χ0n) is 9.71. The number of anilines is 1. The molecule has 2 aromatic carbocycles. The lowest BCUT2D eigenvalue weighted by molar-refractivity contribution is -0.111. The number of para-hydroxylation sites is 1. The number of hydrogen-bond acceptors (Lipinski definition) is 2. The molecule has 0 atom stereocenters. The van der Waals surface area contributed by atoms with Crippen LogP contribution in [-0.2, 0) is 4.79 Å². The molecule has 0 unspecified atom stereocenters. The van der Waals surface area contributed by atoms with Crippen molar-refractivity contribution in [1.29, 1.82) is 0 Å². The average Bonchev–Trinajstić information content (AvgIpc) is 2.38. The van der Waals surface area contributed by atoms with Crippen LogP contribution in [-0.4, -0.2) is 11.0 Å². The van der Waals surface area contributed by atoms with Crippen LogP contribution < -0.4 is 5.32 Å². The minimum absolute atomic E-state index is 0.181. The summed E-state index contributed by atoms with van der Waals surface area (Å²) < 4.78 is 0. The van der Waals surface area contributed by atoms with Gasteiger partial charge < -0.3 is 10.4 Å². The topological polar surface area (TPSA) is 49.3 Å². The number of hydrogen-bond donors (Lipinski definition) is 2. The lowest BCUT2D eigenvalue weighted by Crippen LogP contribution is -2.07. The number of phenols is 1. The molecule has 0 fully saturated rings. The van der Waals surface area contributed by atoms with Gasteiger partial charge in [-0.2, -0.15) is 0 Å². The largest absolute Gasteiger partial charge is 0.508 e. The monoisotopic (exact) mass is 239 g/mol. The normalized spacial score (nSPS) is 10.4. The maximum atomic E-state index is 11.6. The first-order chi connectivity index (χ1) is 8.74. The summed E-state index contributed by atoms with van der Waals surface area (Å²) in [5.41, 5.74) is 1.53. The molecule has 3 nitrogen and oxygen atoms in total. The van der Waals surface area contributed by atoms with Crippen LogP contribution in [0.4, 0.5) is 5.69 Å². The van der Waals surface area contributed by atoms with E-state index in [1.807, 2.05) is 36.4 Å². The van der Waals surface area contributed by atoms with Crippen molar-refractivity contribution in [1.82, 2.24) is 0 Å². The molecule has 0 aliphatic rings. The first-order valence-electron chi connectivity index (χ1n) is 5.57. The summed E-state index contributed by atoms with van der Waals surface area (Å²) in [5, 5.41) is 12.0. The van der Waals surface area contributed by atoms with Crippen LogP contribution in [0.15, 0.2) is 60.7 Å². The highest BCUT2D eigenvalue weighted by atomic mass is 16.3. The Morgan fingerprint density at radius 1 is 1.06 bits per heavy atom. The lowest BCUT2D eigenvalue weighted by Gasteiger charge is -2.00. The highest BCUT2D eigenvalue weighted by Crippen LogP contribution is 2.12.